The monoisotopic (exact) mass is 799 g/mol. The molecule has 2 saturated heterocycles. The van der Waals surface area contributed by atoms with E-state index < -0.39 is 11.9 Å². The number of nitrogens with two attached hydrogens (primary N) is 1. The SMILES string of the molecule is NC=C(C=NC1CCN(Cc2cccc(Nc3nccc(Nc4cccc5c4CN(C4CCC(=O)NC4=O)C5=O)n3)c2)CC1)c1cnc2cccc(Br)c2n1. The van der Waals surface area contributed by atoms with Crippen molar-refractivity contribution in [3.05, 3.63) is 112 Å². The third-order valence-electron chi connectivity index (χ3n) is 10.1. The van der Waals surface area contributed by atoms with E-state index in [2.05, 4.69) is 63.9 Å². The molecule has 3 aliphatic rings. The maximum atomic E-state index is 13.3. The highest BCUT2D eigenvalue weighted by molar-refractivity contribution is 9.10. The van der Waals surface area contributed by atoms with Crippen molar-refractivity contribution in [3.63, 3.8) is 0 Å². The highest BCUT2D eigenvalue weighted by atomic mass is 79.9. The lowest BCUT2D eigenvalue weighted by atomic mass is 10.0. The minimum atomic E-state index is -0.684. The van der Waals surface area contributed by atoms with Crippen LogP contribution in [-0.2, 0) is 22.7 Å². The molecule has 3 aliphatic heterocycles. The summed E-state index contributed by atoms with van der Waals surface area (Å²) in [5.41, 5.74) is 13.0. The lowest BCUT2D eigenvalue weighted by Crippen LogP contribution is -2.52. The molecule has 0 spiro atoms. The molecule has 3 aromatic carbocycles. The first-order valence-corrected chi connectivity index (χ1v) is 18.9. The van der Waals surface area contributed by atoms with E-state index in [1.54, 1.807) is 30.6 Å². The van der Waals surface area contributed by atoms with Crippen LogP contribution in [0, 0.1) is 0 Å². The maximum absolute atomic E-state index is 13.3. The van der Waals surface area contributed by atoms with Crippen molar-refractivity contribution in [1.82, 2.24) is 35.1 Å². The zero-order valence-electron chi connectivity index (χ0n) is 29.8. The Morgan fingerprint density at radius 1 is 0.982 bits per heavy atom. The van der Waals surface area contributed by atoms with Gasteiger partial charge in [0, 0.05) is 83.8 Å². The molecule has 1 unspecified atom stereocenters. The number of halogens is 1. The maximum Gasteiger partial charge on any atom is 0.255 e. The Morgan fingerprint density at radius 3 is 2.65 bits per heavy atom. The van der Waals surface area contributed by atoms with Crippen LogP contribution in [0.5, 0.6) is 0 Å². The number of amides is 3. The van der Waals surface area contributed by atoms with Crippen LogP contribution in [0.25, 0.3) is 16.6 Å². The van der Waals surface area contributed by atoms with Crippen molar-refractivity contribution in [2.75, 3.05) is 23.7 Å². The first-order valence-electron chi connectivity index (χ1n) is 18.1. The van der Waals surface area contributed by atoms with E-state index in [1.807, 2.05) is 42.6 Å². The van der Waals surface area contributed by atoms with Gasteiger partial charge in [-0.2, -0.15) is 4.98 Å². The lowest BCUT2D eigenvalue weighted by molar-refractivity contribution is -0.136. The van der Waals surface area contributed by atoms with Gasteiger partial charge in [-0.05, 0) is 83.2 Å². The first-order chi connectivity index (χ1) is 26.8. The summed E-state index contributed by atoms with van der Waals surface area (Å²) >= 11 is 3.56. The van der Waals surface area contributed by atoms with Gasteiger partial charge in [0.15, 0.2) is 0 Å². The standard InChI is InChI=1S/C40H38BrN11O3/c41-30-7-3-9-32-37(30)48-33(21-45-32)25(19-42)20-44-26-13-16-51(17-14-26)22-24-4-1-5-27(18-24)46-40-43-15-12-35(49-40)47-31-8-2-6-28-29(31)23-52(39(28)55)34-10-11-36(53)50-38(34)54/h1-9,12,15,18-21,26,34H,10-11,13-14,16-17,22-23,42H2,(H,50,53,54)(H2,43,46,47,49). The number of carbonyl (C=O) groups excluding carboxylic acids is 3. The normalized spacial score (nSPS) is 18.2. The zero-order valence-corrected chi connectivity index (χ0v) is 31.4. The third kappa shape index (κ3) is 7.93. The predicted molar refractivity (Wildman–Crippen MR) is 214 cm³/mol. The van der Waals surface area contributed by atoms with Gasteiger partial charge in [-0.25, -0.2) is 9.97 Å². The molecule has 278 valence electrons. The molecule has 8 rings (SSSR count). The second kappa shape index (κ2) is 15.7. The van der Waals surface area contributed by atoms with Gasteiger partial charge in [0.1, 0.15) is 17.4 Å². The van der Waals surface area contributed by atoms with Gasteiger partial charge in [0.25, 0.3) is 5.91 Å². The molecule has 5 N–H and O–H groups in total. The van der Waals surface area contributed by atoms with Crippen molar-refractivity contribution in [2.45, 2.75) is 50.9 Å². The Balaban J connectivity index is 0.861. The Labute approximate surface area is 325 Å². The van der Waals surface area contributed by atoms with Gasteiger partial charge in [-0.1, -0.05) is 24.3 Å². The predicted octanol–water partition coefficient (Wildman–Crippen LogP) is 5.47. The number of nitrogens with one attached hydrogen (secondary N) is 3. The van der Waals surface area contributed by atoms with Crippen LogP contribution >= 0.6 is 15.9 Å². The molecular weight excluding hydrogens is 762 g/mol. The number of hydrogen-bond donors (Lipinski definition) is 4. The van der Waals surface area contributed by atoms with Crippen molar-refractivity contribution in [3.8, 4) is 0 Å². The van der Waals surface area contributed by atoms with E-state index in [-0.39, 0.29) is 30.8 Å². The van der Waals surface area contributed by atoms with Gasteiger partial charge >= 0.3 is 0 Å². The van der Waals surface area contributed by atoms with Crippen LogP contribution in [-0.4, -0.2) is 78.8 Å². The second-order valence-corrected chi connectivity index (χ2v) is 14.6. The molecule has 5 heterocycles. The molecular formula is C40H38BrN11O3. The van der Waals surface area contributed by atoms with Crippen LogP contribution in [0.4, 0.5) is 23.1 Å². The summed E-state index contributed by atoms with van der Waals surface area (Å²) in [6, 6.07) is 20.7. The van der Waals surface area contributed by atoms with E-state index in [1.165, 1.54) is 16.7 Å². The number of aliphatic imine (C=N–C) groups is 1. The van der Waals surface area contributed by atoms with E-state index in [9.17, 15) is 14.4 Å². The molecule has 2 aromatic heterocycles. The van der Waals surface area contributed by atoms with Crippen LogP contribution in [0.15, 0.2) is 94.8 Å². The van der Waals surface area contributed by atoms with Crippen LogP contribution in [0.3, 0.4) is 0 Å². The average molecular weight is 801 g/mol. The Morgan fingerprint density at radius 2 is 1.82 bits per heavy atom. The molecule has 15 heteroatoms. The summed E-state index contributed by atoms with van der Waals surface area (Å²) in [7, 11) is 0. The summed E-state index contributed by atoms with van der Waals surface area (Å²) in [4.78, 5) is 64.7. The fourth-order valence-corrected chi connectivity index (χ4v) is 7.65. The van der Waals surface area contributed by atoms with Gasteiger partial charge < -0.3 is 21.3 Å². The van der Waals surface area contributed by atoms with E-state index in [0.29, 0.717) is 35.1 Å². The van der Waals surface area contributed by atoms with Crippen LogP contribution < -0.4 is 21.7 Å². The number of nitrogens with zero attached hydrogens (tertiary/aromatic N) is 7. The Bertz CT molecular complexity index is 2360. The lowest BCUT2D eigenvalue weighted by Gasteiger charge is -2.30. The zero-order chi connectivity index (χ0) is 37.9. The first kappa shape index (κ1) is 35.9. The van der Waals surface area contributed by atoms with Crippen molar-refractivity contribution >= 4 is 79.6 Å². The number of carbonyl (C=O) groups is 3. The number of rotatable bonds is 10. The molecule has 1 atom stereocenters. The summed E-state index contributed by atoms with van der Waals surface area (Å²) in [6.07, 6.45) is 9.12. The number of aromatic nitrogens is 4. The van der Waals surface area contributed by atoms with Gasteiger partial charge in [-0.15, -0.1) is 0 Å². The number of allylic oxidation sites excluding steroid dienone is 1. The molecule has 0 saturated carbocycles. The van der Waals surface area contributed by atoms with E-state index in [4.69, 9.17) is 15.7 Å². The number of anilines is 4. The third-order valence-corrected chi connectivity index (χ3v) is 10.7. The topological polar surface area (TPSA) is 184 Å². The van der Waals surface area contributed by atoms with Gasteiger partial charge in [-0.3, -0.25) is 34.6 Å². The summed E-state index contributed by atoms with van der Waals surface area (Å²) in [6.45, 7) is 2.89. The number of fused-ring (bicyclic) bond motifs is 2. The van der Waals surface area contributed by atoms with Crippen molar-refractivity contribution in [2.24, 2.45) is 10.7 Å². The molecule has 14 nitrogen and oxygen atoms in total. The van der Waals surface area contributed by atoms with E-state index >= 15 is 0 Å². The second-order valence-electron chi connectivity index (χ2n) is 13.7. The Kier molecular flexibility index (Phi) is 10.3. The van der Waals surface area contributed by atoms with Crippen molar-refractivity contribution in [1.29, 1.82) is 0 Å². The fraction of sp³-hybridized carbons (Fsp3) is 0.250. The Hall–Kier alpha value is -6.06. The largest absolute Gasteiger partial charge is 0.404 e. The summed E-state index contributed by atoms with van der Waals surface area (Å²) in [5.74, 6) is -0.0164. The van der Waals surface area contributed by atoms with Crippen LogP contribution in [0.1, 0.15) is 52.9 Å². The number of imide groups is 1. The molecule has 2 fully saturated rings. The molecule has 0 aliphatic carbocycles. The number of piperidine rings is 2. The number of hydrogen-bond acceptors (Lipinski definition) is 12. The summed E-state index contributed by atoms with van der Waals surface area (Å²) in [5, 5.41) is 9.02. The molecule has 5 aromatic rings. The highest BCUT2D eigenvalue weighted by Crippen LogP contribution is 2.34. The number of benzene rings is 3. The van der Waals surface area contributed by atoms with Gasteiger partial charge in [0.05, 0.1) is 23.4 Å². The molecule has 55 heavy (non-hydrogen) atoms. The smallest absolute Gasteiger partial charge is 0.255 e. The number of para-hydroxylation sites is 1. The average Bonchev–Trinajstić information content (AvgIpc) is 3.52. The fourth-order valence-electron chi connectivity index (χ4n) is 7.21. The van der Waals surface area contributed by atoms with Crippen molar-refractivity contribution < 1.29 is 14.4 Å². The van der Waals surface area contributed by atoms with Gasteiger partial charge in [0.2, 0.25) is 17.8 Å². The minimum absolute atomic E-state index is 0.194. The van der Waals surface area contributed by atoms with Crippen LogP contribution in [0.2, 0.25) is 0 Å². The molecule has 0 radical (unpaired) electrons. The number of likely N-dealkylation sites (tertiary alicyclic amines) is 1. The minimum Gasteiger partial charge on any atom is -0.404 e. The summed E-state index contributed by atoms with van der Waals surface area (Å²) < 4.78 is 0.882. The molecule has 0 bridgehead atoms. The van der Waals surface area contributed by atoms with E-state index in [0.717, 1.165) is 64.8 Å². The molecule has 3 amide bonds. The highest BCUT2D eigenvalue weighted by Gasteiger charge is 2.40. The quantitative estimate of drug-likeness (QED) is 0.104.